The van der Waals surface area contributed by atoms with Crippen molar-refractivity contribution in [1.82, 2.24) is 14.9 Å². The van der Waals surface area contributed by atoms with E-state index in [0.29, 0.717) is 5.92 Å². The minimum absolute atomic E-state index is 0.521. The minimum Gasteiger partial charge on any atom is -0.335 e. The van der Waals surface area contributed by atoms with Crippen LogP contribution < -0.4 is 5.32 Å². The van der Waals surface area contributed by atoms with Gasteiger partial charge < -0.3 is 9.88 Å². The van der Waals surface area contributed by atoms with Crippen LogP contribution in [0.3, 0.4) is 0 Å². The van der Waals surface area contributed by atoms with Crippen molar-refractivity contribution in [2.24, 2.45) is 0 Å². The van der Waals surface area contributed by atoms with Crippen molar-refractivity contribution in [2.45, 2.75) is 64.5 Å². The summed E-state index contributed by atoms with van der Waals surface area (Å²) in [6.45, 7) is 6.64. The van der Waals surface area contributed by atoms with Gasteiger partial charge in [-0.25, -0.2) is 4.98 Å². The van der Waals surface area contributed by atoms with E-state index in [4.69, 9.17) is 0 Å². The molecule has 3 nitrogen and oxygen atoms in total. The number of nitrogens with one attached hydrogen (secondary N) is 1. The molecule has 0 aliphatic heterocycles. The summed E-state index contributed by atoms with van der Waals surface area (Å²) in [5, 5.41) is 3.66. The number of aryl methyl sites for hydroxylation is 1. The summed E-state index contributed by atoms with van der Waals surface area (Å²) >= 11 is 0. The molecule has 1 aliphatic carbocycles. The normalized spacial score (nSPS) is 17.1. The maximum Gasteiger partial charge on any atom is 0.111 e. The van der Waals surface area contributed by atoms with Crippen molar-refractivity contribution < 1.29 is 0 Å². The Hall–Kier alpha value is -0.830. The molecule has 2 rings (SSSR count). The van der Waals surface area contributed by atoms with Crippen LogP contribution in [0.1, 0.15) is 57.7 Å². The van der Waals surface area contributed by atoms with Crippen LogP contribution in [0.4, 0.5) is 0 Å². The lowest BCUT2D eigenvalue weighted by molar-refractivity contribution is 0.488. The van der Waals surface area contributed by atoms with Gasteiger partial charge in [0.2, 0.25) is 0 Å². The summed E-state index contributed by atoms with van der Waals surface area (Å²) < 4.78 is 2.29. The molecule has 0 atom stereocenters. The Bertz CT molecular complexity index is 324. The standard InChI is InChI=1S/C14H25N3/c1-12(2)14-16-9-11-17(14)10-5-8-15-13-6-3-4-7-13/h9,11-13,15H,3-8,10H2,1-2H3. The molecule has 1 aromatic heterocycles. The molecular formula is C14H25N3. The van der Waals surface area contributed by atoms with E-state index in [9.17, 15) is 0 Å². The van der Waals surface area contributed by atoms with Crippen LogP contribution in [-0.2, 0) is 6.54 Å². The third-order valence-corrected chi connectivity index (χ3v) is 3.63. The highest BCUT2D eigenvalue weighted by molar-refractivity contribution is 4.97. The van der Waals surface area contributed by atoms with Gasteiger partial charge in [0, 0.05) is 30.9 Å². The van der Waals surface area contributed by atoms with E-state index in [1.54, 1.807) is 0 Å². The number of imidazole rings is 1. The quantitative estimate of drug-likeness (QED) is 0.768. The van der Waals surface area contributed by atoms with E-state index in [1.165, 1.54) is 37.9 Å². The van der Waals surface area contributed by atoms with Crippen LogP contribution in [0.25, 0.3) is 0 Å². The largest absolute Gasteiger partial charge is 0.335 e. The van der Waals surface area contributed by atoms with E-state index in [1.807, 2.05) is 6.20 Å². The van der Waals surface area contributed by atoms with Gasteiger partial charge in [0.05, 0.1) is 0 Å². The van der Waals surface area contributed by atoms with Gasteiger partial charge in [-0.3, -0.25) is 0 Å². The minimum atomic E-state index is 0.521. The van der Waals surface area contributed by atoms with E-state index in [2.05, 4.69) is 34.9 Å². The number of nitrogens with zero attached hydrogens (tertiary/aromatic N) is 2. The van der Waals surface area contributed by atoms with E-state index in [-0.39, 0.29) is 0 Å². The monoisotopic (exact) mass is 235 g/mol. The van der Waals surface area contributed by atoms with Crippen LogP contribution in [0.5, 0.6) is 0 Å². The molecule has 0 aromatic carbocycles. The molecule has 1 fully saturated rings. The molecular weight excluding hydrogens is 210 g/mol. The average Bonchev–Trinajstić information content (AvgIpc) is 2.95. The molecule has 96 valence electrons. The Morgan fingerprint density at radius 1 is 1.41 bits per heavy atom. The molecule has 0 unspecified atom stereocenters. The molecule has 0 amide bonds. The summed E-state index contributed by atoms with van der Waals surface area (Å²) in [5.41, 5.74) is 0. The van der Waals surface area contributed by atoms with Gasteiger partial charge in [0.25, 0.3) is 0 Å². The van der Waals surface area contributed by atoms with Crippen LogP contribution in [-0.4, -0.2) is 22.1 Å². The molecule has 1 saturated carbocycles. The third kappa shape index (κ3) is 3.56. The Morgan fingerprint density at radius 2 is 2.18 bits per heavy atom. The fourth-order valence-corrected chi connectivity index (χ4v) is 2.70. The Labute approximate surface area is 105 Å². The molecule has 0 spiro atoms. The molecule has 0 bridgehead atoms. The maximum absolute atomic E-state index is 4.41. The van der Waals surface area contributed by atoms with Crippen molar-refractivity contribution in [3.63, 3.8) is 0 Å². The Balaban J connectivity index is 1.68. The highest BCUT2D eigenvalue weighted by atomic mass is 15.1. The zero-order valence-electron chi connectivity index (χ0n) is 11.2. The fourth-order valence-electron chi connectivity index (χ4n) is 2.70. The van der Waals surface area contributed by atoms with E-state index >= 15 is 0 Å². The number of hydrogen-bond acceptors (Lipinski definition) is 2. The first-order chi connectivity index (χ1) is 8.27. The molecule has 1 N–H and O–H groups in total. The van der Waals surface area contributed by atoms with Crippen molar-refractivity contribution in [1.29, 1.82) is 0 Å². The zero-order valence-corrected chi connectivity index (χ0v) is 11.2. The van der Waals surface area contributed by atoms with Crippen LogP contribution in [0, 0.1) is 0 Å². The Morgan fingerprint density at radius 3 is 2.88 bits per heavy atom. The molecule has 3 heteroatoms. The van der Waals surface area contributed by atoms with Gasteiger partial charge in [0.1, 0.15) is 5.82 Å². The lowest BCUT2D eigenvalue weighted by Gasteiger charge is -2.13. The lowest BCUT2D eigenvalue weighted by Crippen LogP contribution is -2.27. The molecule has 1 aliphatic rings. The van der Waals surface area contributed by atoms with Crippen molar-refractivity contribution >= 4 is 0 Å². The number of rotatable bonds is 6. The third-order valence-electron chi connectivity index (χ3n) is 3.63. The van der Waals surface area contributed by atoms with Crippen molar-refractivity contribution in [2.75, 3.05) is 6.54 Å². The van der Waals surface area contributed by atoms with Gasteiger partial charge >= 0.3 is 0 Å². The summed E-state index contributed by atoms with van der Waals surface area (Å²) in [6, 6.07) is 0.794. The predicted molar refractivity (Wildman–Crippen MR) is 71.2 cm³/mol. The molecule has 0 radical (unpaired) electrons. The summed E-state index contributed by atoms with van der Waals surface area (Å²) in [6.07, 6.45) is 10.8. The van der Waals surface area contributed by atoms with Crippen LogP contribution in [0.15, 0.2) is 12.4 Å². The van der Waals surface area contributed by atoms with E-state index in [0.717, 1.165) is 19.1 Å². The summed E-state index contributed by atoms with van der Waals surface area (Å²) in [5.74, 6) is 1.73. The maximum atomic E-state index is 4.41. The van der Waals surface area contributed by atoms with Gasteiger partial charge in [-0.15, -0.1) is 0 Å². The van der Waals surface area contributed by atoms with E-state index < -0.39 is 0 Å². The van der Waals surface area contributed by atoms with Crippen LogP contribution >= 0.6 is 0 Å². The average molecular weight is 235 g/mol. The first-order valence-corrected chi connectivity index (χ1v) is 7.02. The predicted octanol–water partition coefficient (Wildman–Crippen LogP) is 2.93. The highest BCUT2D eigenvalue weighted by Gasteiger charge is 2.13. The van der Waals surface area contributed by atoms with Crippen LogP contribution in [0.2, 0.25) is 0 Å². The second kappa shape index (κ2) is 6.20. The highest BCUT2D eigenvalue weighted by Crippen LogP contribution is 2.17. The van der Waals surface area contributed by atoms with Gasteiger partial charge in [-0.05, 0) is 25.8 Å². The van der Waals surface area contributed by atoms with Gasteiger partial charge in [-0.2, -0.15) is 0 Å². The molecule has 0 saturated heterocycles. The molecule has 1 aromatic rings. The smallest absolute Gasteiger partial charge is 0.111 e. The SMILES string of the molecule is CC(C)c1nccn1CCCNC1CCCC1. The summed E-state index contributed by atoms with van der Waals surface area (Å²) in [7, 11) is 0. The number of hydrogen-bond donors (Lipinski definition) is 1. The first kappa shape index (κ1) is 12.6. The zero-order chi connectivity index (χ0) is 12.1. The van der Waals surface area contributed by atoms with Crippen molar-refractivity contribution in [3.8, 4) is 0 Å². The van der Waals surface area contributed by atoms with Gasteiger partial charge in [0.15, 0.2) is 0 Å². The Kier molecular flexibility index (Phi) is 4.60. The first-order valence-electron chi connectivity index (χ1n) is 7.02. The van der Waals surface area contributed by atoms with Gasteiger partial charge in [-0.1, -0.05) is 26.7 Å². The summed E-state index contributed by atoms with van der Waals surface area (Å²) in [4.78, 5) is 4.41. The molecule has 1 heterocycles. The number of aromatic nitrogens is 2. The van der Waals surface area contributed by atoms with Crippen molar-refractivity contribution in [3.05, 3.63) is 18.2 Å². The lowest BCUT2D eigenvalue weighted by atomic mass is 10.2. The molecule has 17 heavy (non-hydrogen) atoms. The fraction of sp³-hybridized carbons (Fsp3) is 0.786. The second-order valence-electron chi connectivity index (χ2n) is 5.42. The topological polar surface area (TPSA) is 29.9 Å². The second-order valence-corrected chi connectivity index (χ2v) is 5.42.